The lowest BCUT2D eigenvalue weighted by atomic mass is 10.1. The summed E-state index contributed by atoms with van der Waals surface area (Å²) in [5, 5.41) is 15.6. The van der Waals surface area contributed by atoms with Gasteiger partial charge in [-0.25, -0.2) is 4.79 Å². The Hall–Kier alpha value is -1.36. The minimum Gasteiger partial charge on any atom is -0.475 e. The van der Waals surface area contributed by atoms with Gasteiger partial charge in [-0.2, -0.15) is 0 Å². The van der Waals surface area contributed by atoms with Crippen molar-refractivity contribution >= 4 is 5.97 Å². The minimum atomic E-state index is -1.07. The van der Waals surface area contributed by atoms with Gasteiger partial charge in [-0.15, -0.1) is 0 Å². The van der Waals surface area contributed by atoms with Gasteiger partial charge in [0.05, 0.1) is 5.69 Å². The van der Waals surface area contributed by atoms with E-state index in [1.54, 1.807) is 0 Å². The number of aromatic carboxylic acids is 1. The molecule has 0 amide bonds. The Labute approximate surface area is 81.1 Å². The highest BCUT2D eigenvalue weighted by Gasteiger charge is 2.18. The van der Waals surface area contributed by atoms with E-state index in [-0.39, 0.29) is 5.76 Å². The molecule has 0 radical (unpaired) electrons. The Balaban J connectivity index is 1.98. The zero-order valence-corrected chi connectivity index (χ0v) is 7.69. The van der Waals surface area contributed by atoms with Crippen molar-refractivity contribution in [2.45, 2.75) is 25.3 Å². The van der Waals surface area contributed by atoms with E-state index < -0.39 is 5.97 Å². The van der Waals surface area contributed by atoms with Gasteiger partial charge in [-0.3, -0.25) is 0 Å². The van der Waals surface area contributed by atoms with Crippen molar-refractivity contribution in [3.05, 3.63) is 17.5 Å². The zero-order chi connectivity index (χ0) is 9.97. The monoisotopic (exact) mass is 196 g/mol. The van der Waals surface area contributed by atoms with Crippen LogP contribution in [-0.2, 0) is 6.42 Å². The number of carbonyl (C=O) groups is 1. The molecule has 0 bridgehead atoms. The first-order valence-corrected chi connectivity index (χ1v) is 4.68. The third-order valence-electron chi connectivity index (χ3n) is 2.39. The smallest absolute Gasteiger partial charge is 0.374 e. The molecule has 0 unspecified atom stereocenters. The number of carboxylic acid groups (broad SMARTS) is 1. The maximum absolute atomic E-state index is 10.5. The Bertz CT molecular complexity index is 329. The molecule has 2 N–H and O–H groups in total. The third-order valence-corrected chi connectivity index (χ3v) is 2.39. The van der Waals surface area contributed by atoms with Gasteiger partial charge in [0.1, 0.15) is 0 Å². The molecule has 1 aromatic rings. The molecule has 5 nitrogen and oxygen atoms in total. The number of hydrogen-bond donors (Lipinski definition) is 2. The molecule has 0 saturated carbocycles. The van der Waals surface area contributed by atoms with E-state index >= 15 is 0 Å². The largest absolute Gasteiger partial charge is 0.475 e. The molecule has 1 atom stereocenters. The molecule has 1 saturated heterocycles. The second-order valence-electron chi connectivity index (χ2n) is 3.49. The summed E-state index contributed by atoms with van der Waals surface area (Å²) in [6, 6.07) is 1.91. The molecular weight excluding hydrogens is 184 g/mol. The van der Waals surface area contributed by atoms with Gasteiger partial charge in [-0.1, -0.05) is 5.16 Å². The van der Waals surface area contributed by atoms with E-state index in [0.717, 1.165) is 19.4 Å². The summed E-state index contributed by atoms with van der Waals surface area (Å²) in [4.78, 5) is 10.5. The minimum absolute atomic E-state index is 0.0852. The lowest BCUT2D eigenvalue weighted by Gasteiger charge is -2.05. The second kappa shape index (κ2) is 3.79. The number of nitrogens with one attached hydrogen (secondary N) is 1. The Morgan fingerprint density at radius 3 is 3.21 bits per heavy atom. The number of carboxylic acids is 1. The Morgan fingerprint density at radius 2 is 2.64 bits per heavy atom. The fraction of sp³-hybridized carbons (Fsp3) is 0.556. The molecule has 1 aliphatic heterocycles. The van der Waals surface area contributed by atoms with E-state index in [1.165, 1.54) is 12.5 Å². The van der Waals surface area contributed by atoms with E-state index in [1.807, 2.05) is 0 Å². The normalized spacial score (nSPS) is 21.3. The van der Waals surface area contributed by atoms with Crippen LogP contribution in [0.5, 0.6) is 0 Å². The third kappa shape index (κ3) is 1.93. The first-order chi connectivity index (χ1) is 6.75. The highest BCUT2D eigenvalue weighted by molar-refractivity contribution is 5.84. The summed E-state index contributed by atoms with van der Waals surface area (Å²) in [7, 11) is 0. The van der Waals surface area contributed by atoms with E-state index in [0.29, 0.717) is 11.7 Å². The van der Waals surface area contributed by atoms with Crippen LogP contribution < -0.4 is 5.32 Å². The molecule has 76 valence electrons. The first-order valence-electron chi connectivity index (χ1n) is 4.68. The lowest BCUT2D eigenvalue weighted by Crippen LogP contribution is -2.23. The average molecular weight is 196 g/mol. The number of nitrogens with zero attached hydrogens (tertiary/aromatic N) is 1. The first kappa shape index (κ1) is 9.21. The van der Waals surface area contributed by atoms with Crippen molar-refractivity contribution in [3.63, 3.8) is 0 Å². The van der Waals surface area contributed by atoms with Crippen LogP contribution in [0.15, 0.2) is 10.6 Å². The van der Waals surface area contributed by atoms with Gasteiger partial charge < -0.3 is 14.9 Å². The summed E-state index contributed by atoms with van der Waals surface area (Å²) in [5.41, 5.74) is 0.710. The molecule has 0 aliphatic carbocycles. The van der Waals surface area contributed by atoms with Gasteiger partial charge in [0.25, 0.3) is 0 Å². The Kier molecular flexibility index (Phi) is 2.49. The van der Waals surface area contributed by atoms with Crippen LogP contribution in [0.3, 0.4) is 0 Å². The van der Waals surface area contributed by atoms with Crippen molar-refractivity contribution in [3.8, 4) is 0 Å². The van der Waals surface area contributed by atoms with Gasteiger partial charge in [0.2, 0.25) is 5.76 Å². The molecule has 0 spiro atoms. The molecular formula is C9H12N2O3. The van der Waals surface area contributed by atoms with Crippen molar-refractivity contribution in [2.75, 3.05) is 6.54 Å². The molecule has 2 heterocycles. The number of rotatable bonds is 3. The van der Waals surface area contributed by atoms with Crippen LogP contribution in [-0.4, -0.2) is 28.8 Å². The van der Waals surface area contributed by atoms with E-state index in [4.69, 9.17) is 5.11 Å². The van der Waals surface area contributed by atoms with Gasteiger partial charge in [0, 0.05) is 18.5 Å². The number of hydrogen-bond acceptors (Lipinski definition) is 4. The topological polar surface area (TPSA) is 75.4 Å². The summed E-state index contributed by atoms with van der Waals surface area (Å²) >= 11 is 0. The summed E-state index contributed by atoms with van der Waals surface area (Å²) in [5.74, 6) is -1.15. The standard InChI is InChI=1S/C9H12N2O3/c12-9(13)8-5-7(11-14-8)4-6-2-1-3-10-6/h5-6,10H,1-4H2,(H,12,13)/t6-/m0/s1. The molecule has 2 rings (SSSR count). The van der Waals surface area contributed by atoms with Crippen LogP contribution in [0.25, 0.3) is 0 Å². The maximum Gasteiger partial charge on any atom is 0.374 e. The van der Waals surface area contributed by atoms with Crippen LogP contribution in [0.4, 0.5) is 0 Å². The summed E-state index contributed by atoms with van der Waals surface area (Å²) in [6.45, 7) is 1.04. The van der Waals surface area contributed by atoms with Gasteiger partial charge in [0.15, 0.2) is 0 Å². The molecule has 1 aliphatic rings. The average Bonchev–Trinajstić information content (AvgIpc) is 2.75. The highest BCUT2D eigenvalue weighted by atomic mass is 16.5. The second-order valence-corrected chi connectivity index (χ2v) is 3.49. The van der Waals surface area contributed by atoms with Crippen molar-refractivity contribution < 1.29 is 14.4 Å². The quantitative estimate of drug-likeness (QED) is 0.743. The molecule has 14 heavy (non-hydrogen) atoms. The predicted molar refractivity (Wildman–Crippen MR) is 48.2 cm³/mol. The van der Waals surface area contributed by atoms with Crippen LogP contribution >= 0.6 is 0 Å². The van der Waals surface area contributed by atoms with Crippen LogP contribution in [0, 0.1) is 0 Å². The van der Waals surface area contributed by atoms with Crippen molar-refractivity contribution in [1.29, 1.82) is 0 Å². The van der Waals surface area contributed by atoms with E-state index in [9.17, 15) is 4.79 Å². The predicted octanol–water partition coefficient (Wildman–Crippen LogP) is 0.667. The zero-order valence-electron chi connectivity index (χ0n) is 7.69. The van der Waals surface area contributed by atoms with Gasteiger partial charge in [-0.05, 0) is 19.4 Å². The van der Waals surface area contributed by atoms with E-state index in [2.05, 4.69) is 15.0 Å². The summed E-state index contributed by atoms with van der Waals surface area (Å²) < 4.78 is 4.66. The SMILES string of the molecule is O=C(O)c1cc(C[C@@H]2CCCN2)no1. The summed E-state index contributed by atoms with van der Waals surface area (Å²) in [6.07, 6.45) is 3.04. The number of aromatic nitrogens is 1. The van der Waals surface area contributed by atoms with Crippen molar-refractivity contribution in [1.82, 2.24) is 10.5 Å². The fourth-order valence-corrected chi connectivity index (χ4v) is 1.69. The molecule has 1 fully saturated rings. The van der Waals surface area contributed by atoms with Crippen LogP contribution in [0.2, 0.25) is 0 Å². The Morgan fingerprint density at radius 1 is 1.79 bits per heavy atom. The lowest BCUT2D eigenvalue weighted by molar-refractivity contribution is 0.0652. The molecule has 1 aromatic heterocycles. The molecule has 0 aromatic carbocycles. The van der Waals surface area contributed by atoms with Crippen LogP contribution in [0.1, 0.15) is 29.1 Å². The van der Waals surface area contributed by atoms with Gasteiger partial charge >= 0.3 is 5.97 Å². The molecule has 5 heteroatoms. The fourth-order valence-electron chi connectivity index (χ4n) is 1.69. The maximum atomic E-state index is 10.5. The van der Waals surface area contributed by atoms with Crippen molar-refractivity contribution in [2.24, 2.45) is 0 Å². The highest BCUT2D eigenvalue weighted by Crippen LogP contribution is 2.12.